The minimum Gasteiger partial charge on any atom is -0.381 e. The van der Waals surface area contributed by atoms with Crippen LogP contribution in [0.2, 0.25) is 0 Å². The van der Waals surface area contributed by atoms with Crippen molar-refractivity contribution < 1.29 is 4.79 Å². The first kappa shape index (κ1) is 25.2. The van der Waals surface area contributed by atoms with E-state index < -0.39 is 0 Å². The number of nitrogens with zero attached hydrogens (tertiary/aromatic N) is 1. The van der Waals surface area contributed by atoms with E-state index in [9.17, 15) is 4.79 Å². The smallest absolute Gasteiger partial charge is 0.229 e. The predicted octanol–water partition coefficient (Wildman–Crippen LogP) is 4.31. The molecule has 1 saturated heterocycles. The Morgan fingerprint density at radius 2 is 1.55 bits per heavy atom. The Hall–Kier alpha value is -1.79. The summed E-state index contributed by atoms with van der Waals surface area (Å²) in [6.45, 7) is 4.06. The Labute approximate surface area is 186 Å². The van der Waals surface area contributed by atoms with Crippen LogP contribution >= 0.6 is 24.8 Å². The maximum Gasteiger partial charge on any atom is 0.229 e. The monoisotopic (exact) mass is 438 g/mol. The summed E-state index contributed by atoms with van der Waals surface area (Å²) >= 11 is 0. The molecule has 0 aliphatic carbocycles. The van der Waals surface area contributed by atoms with E-state index in [2.05, 4.69) is 22.6 Å². The van der Waals surface area contributed by atoms with E-state index in [-0.39, 0.29) is 42.7 Å². The van der Waals surface area contributed by atoms with Gasteiger partial charge in [-0.3, -0.25) is 4.79 Å². The fraction of sp³-hybridized carbons (Fsp3) is 0.409. The number of carbonyl (C=O) groups is 1. The Kier molecular flexibility index (Phi) is 10.5. The highest BCUT2D eigenvalue weighted by Gasteiger charge is 2.23. The second-order valence-electron chi connectivity index (χ2n) is 7.48. The molecule has 2 atom stereocenters. The summed E-state index contributed by atoms with van der Waals surface area (Å²) in [6, 6.07) is 17.8. The third-order valence-electron chi connectivity index (χ3n) is 5.40. The Bertz CT molecular complexity index is 751. The Balaban J connectivity index is 0.00000210. The van der Waals surface area contributed by atoms with Crippen molar-refractivity contribution in [3.63, 3.8) is 0 Å². The van der Waals surface area contributed by atoms with E-state index in [0.29, 0.717) is 6.04 Å². The lowest BCUT2D eigenvalue weighted by Crippen LogP contribution is -2.37. The number of benzene rings is 2. The van der Waals surface area contributed by atoms with E-state index in [4.69, 9.17) is 5.73 Å². The lowest BCUT2D eigenvalue weighted by molar-refractivity contribution is -0.120. The van der Waals surface area contributed by atoms with Gasteiger partial charge in [-0.15, -0.1) is 24.8 Å². The number of carbonyl (C=O) groups excluding carboxylic acids is 1. The van der Waals surface area contributed by atoms with Gasteiger partial charge < -0.3 is 21.3 Å². The maximum atomic E-state index is 12.8. The van der Waals surface area contributed by atoms with Gasteiger partial charge in [0.25, 0.3) is 0 Å². The number of para-hydroxylation sites is 2. The SMILES string of the molecule is CC(C(=O)Nc1ccccc1NC1CCN(C)CC1)C(N)c1ccccc1.Cl.Cl. The molecule has 29 heavy (non-hydrogen) atoms. The second-order valence-corrected chi connectivity index (χ2v) is 7.48. The van der Waals surface area contributed by atoms with Crippen LogP contribution in [-0.2, 0) is 4.79 Å². The molecule has 5 nitrogen and oxygen atoms in total. The normalized spacial score (nSPS) is 16.7. The van der Waals surface area contributed by atoms with Gasteiger partial charge >= 0.3 is 0 Å². The predicted molar refractivity (Wildman–Crippen MR) is 126 cm³/mol. The quantitative estimate of drug-likeness (QED) is 0.627. The Morgan fingerprint density at radius 3 is 2.17 bits per heavy atom. The van der Waals surface area contributed by atoms with Crippen LogP contribution in [0.5, 0.6) is 0 Å². The number of hydrogen-bond acceptors (Lipinski definition) is 4. The summed E-state index contributed by atoms with van der Waals surface area (Å²) in [5.41, 5.74) is 9.07. The molecular weight excluding hydrogens is 407 g/mol. The van der Waals surface area contributed by atoms with Gasteiger partial charge in [0, 0.05) is 12.1 Å². The van der Waals surface area contributed by atoms with Crippen molar-refractivity contribution in [3.05, 3.63) is 60.2 Å². The highest BCUT2D eigenvalue weighted by atomic mass is 35.5. The fourth-order valence-electron chi connectivity index (χ4n) is 3.46. The van der Waals surface area contributed by atoms with Gasteiger partial charge in [0.1, 0.15) is 0 Å². The number of rotatable bonds is 6. The number of nitrogens with one attached hydrogen (secondary N) is 2. The van der Waals surface area contributed by atoms with Crippen LogP contribution in [0.25, 0.3) is 0 Å². The summed E-state index contributed by atoms with van der Waals surface area (Å²) in [6.07, 6.45) is 2.21. The molecule has 0 saturated carbocycles. The molecule has 1 amide bonds. The van der Waals surface area contributed by atoms with Crippen molar-refractivity contribution in [2.24, 2.45) is 11.7 Å². The number of nitrogens with two attached hydrogens (primary N) is 1. The highest BCUT2D eigenvalue weighted by molar-refractivity contribution is 5.96. The molecule has 1 heterocycles. The summed E-state index contributed by atoms with van der Waals surface area (Å²) in [7, 11) is 2.15. The first-order chi connectivity index (χ1) is 13.0. The van der Waals surface area contributed by atoms with Gasteiger partial charge in [-0.25, -0.2) is 0 Å². The second kappa shape index (κ2) is 12.0. The van der Waals surface area contributed by atoms with Crippen LogP contribution in [0, 0.1) is 5.92 Å². The summed E-state index contributed by atoms with van der Waals surface area (Å²) in [5.74, 6) is -0.396. The molecule has 1 aliphatic heterocycles. The van der Waals surface area contributed by atoms with Crippen LogP contribution in [0.3, 0.4) is 0 Å². The Morgan fingerprint density at radius 1 is 1.00 bits per heavy atom. The topological polar surface area (TPSA) is 70.4 Å². The van der Waals surface area contributed by atoms with Crippen molar-refractivity contribution in [3.8, 4) is 0 Å². The van der Waals surface area contributed by atoms with Crippen LogP contribution in [-0.4, -0.2) is 37.0 Å². The molecule has 160 valence electrons. The van der Waals surface area contributed by atoms with E-state index in [1.54, 1.807) is 0 Å². The van der Waals surface area contributed by atoms with E-state index in [1.165, 1.54) is 0 Å². The zero-order valence-corrected chi connectivity index (χ0v) is 18.6. The average molecular weight is 439 g/mol. The number of piperidine rings is 1. The molecule has 0 radical (unpaired) electrons. The van der Waals surface area contributed by atoms with E-state index in [0.717, 1.165) is 42.9 Å². The fourth-order valence-corrected chi connectivity index (χ4v) is 3.46. The number of likely N-dealkylation sites (tertiary alicyclic amines) is 1. The van der Waals surface area contributed by atoms with E-state index in [1.807, 2.05) is 61.5 Å². The largest absolute Gasteiger partial charge is 0.381 e. The van der Waals surface area contributed by atoms with Crippen molar-refractivity contribution >= 4 is 42.1 Å². The third-order valence-corrected chi connectivity index (χ3v) is 5.40. The first-order valence-electron chi connectivity index (χ1n) is 9.70. The zero-order valence-electron chi connectivity index (χ0n) is 17.0. The first-order valence-corrected chi connectivity index (χ1v) is 9.70. The molecular formula is C22H32Cl2N4O. The highest BCUT2D eigenvalue weighted by Crippen LogP contribution is 2.26. The molecule has 0 spiro atoms. The summed E-state index contributed by atoms with van der Waals surface area (Å²) in [4.78, 5) is 15.1. The summed E-state index contributed by atoms with van der Waals surface area (Å²) < 4.78 is 0. The van der Waals surface area contributed by atoms with Gasteiger partial charge in [-0.1, -0.05) is 49.4 Å². The van der Waals surface area contributed by atoms with Gasteiger partial charge in [0.15, 0.2) is 0 Å². The summed E-state index contributed by atoms with van der Waals surface area (Å²) in [5, 5.41) is 6.67. The lowest BCUT2D eigenvalue weighted by Gasteiger charge is -2.31. The average Bonchev–Trinajstić information content (AvgIpc) is 2.70. The van der Waals surface area contributed by atoms with Gasteiger partial charge in [-0.2, -0.15) is 0 Å². The number of halogens is 2. The molecule has 1 fully saturated rings. The molecule has 0 bridgehead atoms. The third kappa shape index (κ3) is 6.89. The lowest BCUT2D eigenvalue weighted by atomic mass is 9.94. The molecule has 2 unspecified atom stereocenters. The number of anilines is 2. The minimum absolute atomic E-state index is 0. The van der Waals surface area contributed by atoms with Crippen molar-refractivity contribution in [1.29, 1.82) is 0 Å². The zero-order chi connectivity index (χ0) is 19.2. The molecule has 0 aromatic heterocycles. The number of amides is 1. The molecule has 2 aromatic rings. The van der Waals surface area contributed by atoms with Gasteiger partial charge in [0.05, 0.1) is 17.3 Å². The van der Waals surface area contributed by atoms with Crippen molar-refractivity contribution in [1.82, 2.24) is 4.90 Å². The van der Waals surface area contributed by atoms with Crippen molar-refractivity contribution in [2.75, 3.05) is 30.8 Å². The van der Waals surface area contributed by atoms with Gasteiger partial charge in [0.2, 0.25) is 5.91 Å². The minimum atomic E-state index is -0.333. The standard InChI is InChI=1S/C22H30N4O.2ClH/c1-16(21(23)17-8-4-3-5-9-17)22(27)25-20-11-7-6-10-19(20)24-18-12-14-26(2)15-13-18;;/h3-11,16,18,21,24H,12-15,23H2,1-2H3,(H,25,27);2*1H. The van der Waals surface area contributed by atoms with Crippen LogP contribution < -0.4 is 16.4 Å². The molecule has 4 N–H and O–H groups in total. The number of hydrogen-bond donors (Lipinski definition) is 3. The van der Waals surface area contributed by atoms with Crippen LogP contribution in [0.15, 0.2) is 54.6 Å². The molecule has 1 aliphatic rings. The van der Waals surface area contributed by atoms with Crippen molar-refractivity contribution in [2.45, 2.75) is 31.8 Å². The maximum absolute atomic E-state index is 12.8. The van der Waals surface area contributed by atoms with E-state index >= 15 is 0 Å². The molecule has 2 aromatic carbocycles. The molecule has 3 rings (SSSR count). The molecule has 7 heteroatoms. The van der Waals surface area contributed by atoms with Gasteiger partial charge in [-0.05, 0) is 50.7 Å². The van der Waals surface area contributed by atoms with Crippen LogP contribution in [0.4, 0.5) is 11.4 Å². The van der Waals surface area contributed by atoms with Crippen LogP contribution in [0.1, 0.15) is 31.4 Å².